The van der Waals surface area contributed by atoms with Gasteiger partial charge in [0, 0.05) is 6.42 Å². The summed E-state index contributed by atoms with van der Waals surface area (Å²) in [6.07, 6.45) is -3.19. The Balaban J connectivity index is 2.02. The van der Waals surface area contributed by atoms with Gasteiger partial charge in [0.15, 0.2) is 6.29 Å². The highest BCUT2D eigenvalue weighted by atomic mass is 16.6. The number of ether oxygens (including phenoxy) is 2. The van der Waals surface area contributed by atoms with Crippen LogP contribution in [0, 0.1) is 0 Å². The second-order valence-corrected chi connectivity index (χ2v) is 4.33. The Labute approximate surface area is 105 Å². The Morgan fingerprint density at radius 3 is 2.67 bits per heavy atom. The van der Waals surface area contributed by atoms with Crippen LogP contribution >= 0.6 is 0 Å². The average Bonchev–Trinajstić information content (AvgIpc) is 2.36. The lowest BCUT2D eigenvalue weighted by molar-refractivity contribution is -0.226. The van der Waals surface area contributed by atoms with Gasteiger partial charge in [-0.25, -0.2) is 4.79 Å². The lowest BCUT2D eigenvalue weighted by Crippen LogP contribution is -2.48. The van der Waals surface area contributed by atoms with Crippen molar-refractivity contribution in [2.45, 2.75) is 37.9 Å². The molecule has 1 heterocycles. The molecule has 2 N–H and O–H groups in total. The Hall–Kier alpha value is -1.43. The first-order valence-electron chi connectivity index (χ1n) is 5.85. The third-order valence-corrected chi connectivity index (χ3v) is 2.94. The van der Waals surface area contributed by atoms with Gasteiger partial charge >= 0.3 is 5.97 Å². The highest BCUT2D eigenvalue weighted by Crippen LogP contribution is 2.22. The highest BCUT2D eigenvalue weighted by molar-refractivity contribution is 5.89. The number of carbonyl (C=O) groups is 1. The Kier molecular flexibility index (Phi) is 3.96. The Morgan fingerprint density at radius 2 is 2.00 bits per heavy atom. The van der Waals surface area contributed by atoms with Crippen LogP contribution in [0.4, 0.5) is 0 Å². The molecular weight excluding hydrogens is 236 g/mol. The monoisotopic (exact) mass is 252 g/mol. The predicted octanol–water partition coefficient (Wildman–Crippen LogP) is 0.700. The molecule has 5 heteroatoms. The zero-order chi connectivity index (χ0) is 13.1. The molecule has 1 aliphatic heterocycles. The van der Waals surface area contributed by atoms with Crippen molar-refractivity contribution < 1.29 is 24.5 Å². The molecule has 0 radical (unpaired) electrons. The summed E-state index contributed by atoms with van der Waals surface area (Å²) >= 11 is 0. The van der Waals surface area contributed by atoms with Crippen LogP contribution in [-0.4, -0.2) is 40.8 Å². The smallest absolute Gasteiger partial charge is 0.338 e. The van der Waals surface area contributed by atoms with Gasteiger partial charge in [0.05, 0.1) is 11.7 Å². The molecule has 4 atom stereocenters. The molecule has 1 aromatic rings. The first kappa shape index (κ1) is 13.0. The molecule has 5 nitrogen and oxygen atoms in total. The molecule has 98 valence electrons. The summed E-state index contributed by atoms with van der Waals surface area (Å²) in [6.45, 7) is 1.62. The molecule has 0 saturated carbocycles. The first-order chi connectivity index (χ1) is 8.58. The van der Waals surface area contributed by atoms with Gasteiger partial charge in [-0.3, -0.25) is 0 Å². The largest absolute Gasteiger partial charge is 0.456 e. The molecule has 1 fully saturated rings. The van der Waals surface area contributed by atoms with Crippen molar-refractivity contribution in [2.75, 3.05) is 0 Å². The quantitative estimate of drug-likeness (QED) is 0.758. The summed E-state index contributed by atoms with van der Waals surface area (Å²) in [5.74, 6) is -0.513. The molecule has 0 aliphatic carbocycles. The number of esters is 1. The van der Waals surface area contributed by atoms with Crippen LogP contribution in [0.25, 0.3) is 0 Å². The van der Waals surface area contributed by atoms with E-state index < -0.39 is 30.6 Å². The fourth-order valence-corrected chi connectivity index (χ4v) is 1.92. The first-order valence-corrected chi connectivity index (χ1v) is 5.85. The van der Waals surface area contributed by atoms with Gasteiger partial charge in [-0.05, 0) is 19.1 Å². The van der Waals surface area contributed by atoms with Crippen molar-refractivity contribution in [1.29, 1.82) is 0 Å². The number of rotatable bonds is 2. The van der Waals surface area contributed by atoms with E-state index >= 15 is 0 Å². The van der Waals surface area contributed by atoms with E-state index in [1.807, 2.05) is 0 Å². The molecule has 0 bridgehead atoms. The fraction of sp³-hybridized carbons (Fsp3) is 0.462. The summed E-state index contributed by atoms with van der Waals surface area (Å²) in [5.41, 5.74) is 0.415. The van der Waals surface area contributed by atoms with Crippen molar-refractivity contribution >= 4 is 5.97 Å². The van der Waals surface area contributed by atoms with Gasteiger partial charge < -0.3 is 19.7 Å². The minimum absolute atomic E-state index is 0.0735. The van der Waals surface area contributed by atoms with E-state index in [0.29, 0.717) is 5.56 Å². The van der Waals surface area contributed by atoms with Crippen molar-refractivity contribution in [1.82, 2.24) is 0 Å². The zero-order valence-corrected chi connectivity index (χ0v) is 10.0. The Morgan fingerprint density at radius 1 is 1.33 bits per heavy atom. The minimum Gasteiger partial charge on any atom is -0.456 e. The average molecular weight is 252 g/mol. The van der Waals surface area contributed by atoms with E-state index in [1.165, 1.54) is 0 Å². The van der Waals surface area contributed by atoms with Crippen molar-refractivity contribution in [3.05, 3.63) is 35.9 Å². The van der Waals surface area contributed by atoms with Crippen LogP contribution in [-0.2, 0) is 9.47 Å². The number of aliphatic hydroxyl groups excluding tert-OH is 2. The van der Waals surface area contributed by atoms with Crippen molar-refractivity contribution in [3.63, 3.8) is 0 Å². The van der Waals surface area contributed by atoms with Crippen LogP contribution < -0.4 is 0 Å². The summed E-state index contributed by atoms with van der Waals surface area (Å²) in [6, 6.07) is 8.52. The van der Waals surface area contributed by atoms with E-state index in [4.69, 9.17) is 9.47 Å². The molecule has 1 saturated heterocycles. The third kappa shape index (κ3) is 2.87. The molecule has 0 spiro atoms. The SMILES string of the molecule is C[C@H]1O[C@@H](O)C[C@H](OC(=O)c2ccccc2)[C@@H]1O. The maximum absolute atomic E-state index is 11.8. The highest BCUT2D eigenvalue weighted by Gasteiger charge is 2.37. The molecule has 1 aromatic carbocycles. The maximum Gasteiger partial charge on any atom is 0.338 e. The Bertz CT molecular complexity index is 405. The summed E-state index contributed by atoms with van der Waals surface area (Å²) in [4.78, 5) is 11.8. The third-order valence-electron chi connectivity index (χ3n) is 2.94. The van der Waals surface area contributed by atoms with Gasteiger partial charge in [0.2, 0.25) is 0 Å². The number of aliphatic hydroxyl groups is 2. The van der Waals surface area contributed by atoms with E-state index in [9.17, 15) is 15.0 Å². The molecule has 2 rings (SSSR count). The normalized spacial score (nSPS) is 31.9. The van der Waals surface area contributed by atoms with Crippen LogP contribution in [0.5, 0.6) is 0 Å². The van der Waals surface area contributed by atoms with Gasteiger partial charge in [0.1, 0.15) is 12.2 Å². The van der Waals surface area contributed by atoms with E-state index in [0.717, 1.165) is 0 Å². The van der Waals surface area contributed by atoms with Crippen molar-refractivity contribution in [3.8, 4) is 0 Å². The van der Waals surface area contributed by atoms with Crippen molar-refractivity contribution in [2.24, 2.45) is 0 Å². The van der Waals surface area contributed by atoms with E-state index in [1.54, 1.807) is 37.3 Å². The number of carbonyl (C=O) groups excluding carboxylic acids is 1. The number of hydrogen-bond acceptors (Lipinski definition) is 5. The van der Waals surface area contributed by atoms with Crippen LogP contribution in [0.1, 0.15) is 23.7 Å². The topological polar surface area (TPSA) is 76.0 Å². The zero-order valence-electron chi connectivity index (χ0n) is 10.0. The number of benzene rings is 1. The summed E-state index contributed by atoms with van der Waals surface area (Å²) in [7, 11) is 0. The molecule has 18 heavy (non-hydrogen) atoms. The van der Waals surface area contributed by atoms with Gasteiger partial charge in [-0.1, -0.05) is 18.2 Å². The standard InChI is InChI=1S/C13H16O5/c1-8-12(15)10(7-11(14)17-8)18-13(16)9-5-3-2-4-6-9/h2-6,8,10-12,14-15H,7H2,1H3/t8-,10+,11-,12-/m1/s1. The summed E-state index contributed by atoms with van der Waals surface area (Å²) in [5, 5.41) is 19.3. The predicted molar refractivity (Wildman–Crippen MR) is 62.8 cm³/mol. The second-order valence-electron chi connectivity index (χ2n) is 4.33. The summed E-state index contributed by atoms with van der Waals surface area (Å²) < 4.78 is 10.2. The lowest BCUT2D eigenvalue weighted by atomic mass is 10.0. The van der Waals surface area contributed by atoms with Gasteiger partial charge in [0.25, 0.3) is 0 Å². The van der Waals surface area contributed by atoms with Crippen LogP contribution in [0.2, 0.25) is 0 Å². The molecular formula is C13H16O5. The molecule has 0 amide bonds. The van der Waals surface area contributed by atoms with Gasteiger partial charge in [-0.2, -0.15) is 0 Å². The van der Waals surface area contributed by atoms with E-state index in [-0.39, 0.29) is 6.42 Å². The van der Waals surface area contributed by atoms with Crippen LogP contribution in [0.3, 0.4) is 0 Å². The molecule has 0 unspecified atom stereocenters. The lowest BCUT2D eigenvalue weighted by Gasteiger charge is -2.35. The molecule has 0 aromatic heterocycles. The molecule has 1 aliphatic rings. The minimum atomic E-state index is -1.02. The fourth-order valence-electron chi connectivity index (χ4n) is 1.92. The van der Waals surface area contributed by atoms with E-state index in [2.05, 4.69) is 0 Å². The maximum atomic E-state index is 11.8. The number of hydrogen-bond donors (Lipinski definition) is 2. The second kappa shape index (κ2) is 5.48. The van der Waals surface area contributed by atoms with Gasteiger partial charge in [-0.15, -0.1) is 0 Å². The van der Waals surface area contributed by atoms with Crippen LogP contribution in [0.15, 0.2) is 30.3 Å².